The van der Waals surface area contributed by atoms with Crippen LogP contribution in [0.3, 0.4) is 0 Å². The number of rotatable bonds is 11. The molecule has 0 aliphatic carbocycles. The molecule has 3 atom stereocenters. The van der Waals surface area contributed by atoms with Gasteiger partial charge in [0.1, 0.15) is 12.1 Å². The van der Waals surface area contributed by atoms with E-state index in [0.717, 1.165) is 0 Å². The van der Waals surface area contributed by atoms with Crippen LogP contribution in [0.25, 0.3) is 0 Å². The number of nitrogens with two attached hydrogens (primary N) is 3. The van der Waals surface area contributed by atoms with Gasteiger partial charge in [0.15, 0.2) is 5.96 Å². The lowest BCUT2D eigenvalue weighted by Gasteiger charge is -2.23. The first-order valence-corrected chi connectivity index (χ1v) is 8.19. The van der Waals surface area contributed by atoms with Gasteiger partial charge in [0.25, 0.3) is 0 Å². The number of nitrogens with one attached hydrogen (secondary N) is 2. The van der Waals surface area contributed by atoms with Crippen LogP contribution in [0.5, 0.6) is 0 Å². The van der Waals surface area contributed by atoms with Gasteiger partial charge in [-0.05, 0) is 32.1 Å². The highest BCUT2D eigenvalue weighted by Gasteiger charge is 2.27. The van der Waals surface area contributed by atoms with Crippen molar-refractivity contribution >= 4 is 23.7 Å². The second-order valence-electron chi connectivity index (χ2n) is 6.33. The molecule has 0 aromatic rings. The van der Waals surface area contributed by atoms with Crippen LogP contribution >= 0.6 is 0 Å². The van der Waals surface area contributed by atoms with Crippen molar-refractivity contribution in [2.75, 3.05) is 6.54 Å². The Morgan fingerprint density at radius 3 is 2.04 bits per heavy atom. The molecule has 0 heterocycles. The highest BCUT2D eigenvalue weighted by molar-refractivity contribution is 5.91. The van der Waals surface area contributed by atoms with Crippen LogP contribution in [-0.4, -0.2) is 53.5 Å². The second kappa shape index (κ2) is 11.2. The predicted octanol–water partition coefficient (Wildman–Crippen LogP) is -1.51. The van der Waals surface area contributed by atoms with E-state index in [1.54, 1.807) is 0 Å². The van der Waals surface area contributed by atoms with Gasteiger partial charge in [0, 0.05) is 6.54 Å². The largest absolute Gasteiger partial charge is 0.480 e. The molecule has 2 amide bonds. The topological polar surface area (TPSA) is 186 Å². The number of nitrogens with zero attached hydrogens (tertiary/aromatic N) is 1. The zero-order valence-corrected chi connectivity index (χ0v) is 15.0. The molecular weight excluding hydrogens is 328 g/mol. The molecule has 0 aliphatic rings. The summed E-state index contributed by atoms with van der Waals surface area (Å²) in [5.74, 6) is -2.19. The zero-order chi connectivity index (χ0) is 19.6. The number of carboxylic acid groups (broad SMARTS) is 1. The molecule has 0 rings (SSSR count). The van der Waals surface area contributed by atoms with Gasteiger partial charge in [-0.25, -0.2) is 4.79 Å². The zero-order valence-electron chi connectivity index (χ0n) is 15.0. The summed E-state index contributed by atoms with van der Waals surface area (Å²) in [5, 5.41) is 14.2. The van der Waals surface area contributed by atoms with Gasteiger partial charge < -0.3 is 32.9 Å². The third-order valence-electron chi connectivity index (χ3n) is 3.31. The summed E-state index contributed by atoms with van der Waals surface area (Å²) in [5.41, 5.74) is 16.0. The summed E-state index contributed by atoms with van der Waals surface area (Å²) in [7, 11) is 0. The molecule has 0 fully saturated rings. The van der Waals surface area contributed by atoms with E-state index in [0.29, 0.717) is 6.42 Å². The van der Waals surface area contributed by atoms with E-state index in [1.807, 2.05) is 13.8 Å². The minimum atomic E-state index is -1.13. The molecule has 0 saturated carbocycles. The Labute approximate surface area is 147 Å². The summed E-state index contributed by atoms with van der Waals surface area (Å²) >= 11 is 0. The van der Waals surface area contributed by atoms with Crippen molar-refractivity contribution in [1.29, 1.82) is 0 Å². The van der Waals surface area contributed by atoms with E-state index >= 15 is 0 Å². The fraction of sp³-hybridized carbons (Fsp3) is 0.733. The number of carbonyl (C=O) groups is 3. The SMILES string of the molecule is CC(C)C[C@H](NC(=O)[C@H](CCCN=C(N)N)NC(=O)[C@H](C)N)C(=O)O. The Balaban J connectivity index is 4.95. The van der Waals surface area contributed by atoms with Gasteiger partial charge in [-0.15, -0.1) is 0 Å². The van der Waals surface area contributed by atoms with Crippen LogP contribution < -0.4 is 27.8 Å². The van der Waals surface area contributed by atoms with E-state index in [2.05, 4.69) is 15.6 Å². The van der Waals surface area contributed by atoms with Crippen molar-refractivity contribution in [1.82, 2.24) is 10.6 Å². The molecule has 0 aromatic carbocycles. The number of guanidine groups is 1. The first kappa shape index (κ1) is 22.6. The molecular formula is C15H30N6O4. The first-order chi connectivity index (χ1) is 11.5. The van der Waals surface area contributed by atoms with Gasteiger partial charge in [-0.2, -0.15) is 0 Å². The average Bonchev–Trinajstić information content (AvgIpc) is 2.48. The molecule has 0 aromatic heterocycles. The summed E-state index contributed by atoms with van der Waals surface area (Å²) in [4.78, 5) is 39.3. The molecule has 0 spiro atoms. The number of aliphatic imine (C=N–C) groups is 1. The van der Waals surface area contributed by atoms with Crippen molar-refractivity contribution in [2.24, 2.45) is 28.1 Å². The van der Waals surface area contributed by atoms with Crippen molar-refractivity contribution < 1.29 is 19.5 Å². The maximum absolute atomic E-state index is 12.4. The predicted molar refractivity (Wildman–Crippen MR) is 94.5 cm³/mol. The minimum absolute atomic E-state index is 0.0662. The third kappa shape index (κ3) is 10.2. The standard InChI is InChI=1S/C15H30N6O4/c1-8(2)7-11(14(24)25)21-13(23)10(20-12(22)9(3)16)5-4-6-19-15(17)18/h8-11H,4-7,16H2,1-3H3,(H,20,22)(H,21,23)(H,24,25)(H4,17,18,19)/t9-,10-,11-/m0/s1. The maximum Gasteiger partial charge on any atom is 0.326 e. The highest BCUT2D eigenvalue weighted by atomic mass is 16.4. The van der Waals surface area contributed by atoms with Crippen LogP contribution in [0.4, 0.5) is 0 Å². The molecule has 9 N–H and O–H groups in total. The molecule has 0 saturated heterocycles. The minimum Gasteiger partial charge on any atom is -0.480 e. The monoisotopic (exact) mass is 358 g/mol. The van der Waals surface area contributed by atoms with E-state index in [-0.39, 0.29) is 31.3 Å². The van der Waals surface area contributed by atoms with Crippen molar-refractivity contribution in [2.45, 2.75) is 58.2 Å². The van der Waals surface area contributed by atoms with E-state index in [9.17, 15) is 19.5 Å². The molecule has 0 bridgehead atoms. The second-order valence-corrected chi connectivity index (χ2v) is 6.33. The number of carboxylic acids is 1. The van der Waals surface area contributed by atoms with Crippen LogP contribution in [0, 0.1) is 5.92 Å². The quantitative estimate of drug-likeness (QED) is 0.147. The lowest BCUT2D eigenvalue weighted by molar-refractivity contribution is -0.142. The Kier molecular flexibility index (Phi) is 10.2. The fourth-order valence-corrected chi connectivity index (χ4v) is 2.04. The van der Waals surface area contributed by atoms with Crippen molar-refractivity contribution in [3.8, 4) is 0 Å². The summed E-state index contributed by atoms with van der Waals surface area (Å²) in [6.07, 6.45) is 0.954. The van der Waals surface area contributed by atoms with Crippen LogP contribution in [-0.2, 0) is 14.4 Å². The normalized spacial score (nSPS) is 14.3. The number of aliphatic carboxylic acids is 1. The van der Waals surface area contributed by atoms with Crippen LogP contribution in [0.1, 0.15) is 40.0 Å². The highest BCUT2D eigenvalue weighted by Crippen LogP contribution is 2.07. The van der Waals surface area contributed by atoms with E-state index in [1.165, 1.54) is 6.92 Å². The van der Waals surface area contributed by atoms with Crippen molar-refractivity contribution in [3.63, 3.8) is 0 Å². The molecule has 0 aliphatic heterocycles. The summed E-state index contributed by atoms with van der Waals surface area (Å²) in [6.45, 7) is 5.48. The number of amides is 2. The Bertz CT molecular complexity index is 488. The molecule has 10 heteroatoms. The van der Waals surface area contributed by atoms with Gasteiger partial charge >= 0.3 is 5.97 Å². The molecule has 0 radical (unpaired) electrons. The summed E-state index contributed by atoms with van der Waals surface area (Å²) in [6, 6.07) is -2.74. The first-order valence-electron chi connectivity index (χ1n) is 8.19. The number of hydrogen-bond donors (Lipinski definition) is 6. The smallest absolute Gasteiger partial charge is 0.326 e. The maximum atomic E-state index is 12.4. The lowest BCUT2D eigenvalue weighted by Crippen LogP contribution is -2.54. The number of hydrogen-bond acceptors (Lipinski definition) is 5. The van der Waals surface area contributed by atoms with Crippen molar-refractivity contribution in [3.05, 3.63) is 0 Å². The fourth-order valence-electron chi connectivity index (χ4n) is 2.04. The Morgan fingerprint density at radius 2 is 1.60 bits per heavy atom. The van der Waals surface area contributed by atoms with Crippen LogP contribution in [0.15, 0.2) is 4.99 Å². The summed E-state index contributed by atoms with van der Waals surface area (Å²) < 4.78 is 0. The van der Waals surface area contributed by atoms with Crippen LogP contribution in [0.2, 0.25) is 0 Å². The van der Waals surface area contributed by atoms with Gasteiger partial charge in [0.2, 0.25) is 11.8 Å². The van der Waals surface area contributed by atoms with E-state index < -0.39 is 35.9 Å². The lowest BCUT2D eigenvalue weighted by atomic mass is 10.0. The van der Waals surface area contributed by atoms with Gasteiger partial charge in [-0.1, -0.05) is 13.8 Å². The number of carbonyl (C=O) groups excluding carboxylic acids is 2. The molecule has 10 nitrogen and oxygen atoms in total. The third-order valence-corrected chi connectivity index (χ3v) is 3.31. The Hall–Kier alpha value is -2.36. The Morgan fingerprint density at radius 1 is 1.04 bits per heavy atom. The van der Waals surface area contributed by atoms with Gasteiger partial charge in [-0.3, -0.25) is 14.6 Å². The molecule has 144 valence electrons. The molecule has 0 unspecified atom stereocenters. The molecule has 25 heavy (non-hydrogen) atoms. The van der Waals surface area contributed by atoms with E-state index in [4.69, 9.17) is 17.2 Å². The average molecular weight is 358 g/mol. The van der Waals surface area contributed by atoms with Gasteiger partial charge in [0.05, 0.1) is 6.04 Å².